The molecule has 0 unspecified atom stereocenters. The molecule has 4 amide bonds. The molecule has 0 aliphatic carbocycles. The fourth-order valence-corrected chi connectivity index (χ4v) is 3.73. The molecule has 0 bridgehead atoms. The van der Waals surface area contributed by atoms with Crippen molar-refractivity contribution in [1.29, 1.82) is 0 Å². The highest BCUT2D eigenvalue weighted by Gasteiger charge is 2.36. The maximum Gasteiger partial charge on any atom is 0.335 e. The first kappa shape index (κ1) is 25.3. The normalized spacial score (nSPS) is 15.0. The maximum absolute atomic E-state index is 13.0. The van der Waals surface area contributed by atoms with Crippen molar-refractivity contribution in [2.24, 2.45) is 0 Å². The number of hydrogen-bond acceptors (Lipinski definition) is 5. The summed E-state index contributed by atoms with van der Waals surface area (Å²) in [5.41, 5.74) is 0.700. The number of imide groups is 2. The largest absolute Gasteiger partial charge is 0.493 e. The third-order valence-electron chi connectivity index (χ3n) is 5.44. The van der Waals surface area contributed by atoms with Crippen molar-refractivity contribution in [3.8, 4) is 11.5 Å². The first-order valence-corrected chi connectivity index (χ1v) is 11.8. The maximum atomic E-state index is 13.0. The highest BCUT2D eigenvalue weighted by molar-refractivity contribution is 6.39. The molecule has 8 heteroatoms. The minimum absolute atomic E-state index is 0.169. The van der Waals surface area contributed by atoms with Gasteiger partial charge in [-0.05, 0) is 54.5 Å². The SMILES string of the molecule is CCCCCCCCOc1ccc(C=C2C(=O)NC(=O)N(c3ccc(Cl)cc3)C2=O)cc1OC. The first-order chi connectivity index (χ1) is 16.4. The van der Waals surface area contributed by atoms with Gasteiger partial charge in [0.1, 0.15) is 5.57 Å². The van der Waals surface area contributed by atoms with Gasteiger partial charge in [0.25, 0.3) is 11.8 Å². The molecule has 1 fully saturated rings. The lowest BCUT2D eigenvalue weighted by Gasteiger charge is -2.26. The van der Waals surface area contributed by atoms with E-state index >= 15 is 0 Å². The lowest BCUT2D eigenvalue weighted by molar-refractivity contribution is -0.122. The number of rotatable bonds is 11. The number of halogens is 1. The molecular weight excluding hydrogens is 456 g/mol. The number of amides is 4. The lowest BCUT2D eigenvalue weighted by atomic mass is 10.1. The van der Waals surface area contributed by atoms with Crippen LogP contribution in [0.25, 0.3) is 6.08 Å². The van der Waals surface area contributed by atoms with E-state index in [0.29, 0.717) is 34.4 Å². The van der Waals surface area contributed by atoms with Crippen LogP contribution in [0.15, 0.2) is 48.0 Å². The third-order valence-corrected chi connectivity index (χ3v) is 5.69. The minimum atomic E-state index is -0.814. The molecule has 1 N–H and O–H groups in total. The number of carbonyl (C=O) groups is 3. The monoisotopic (exact) mass is 484 g/mol. The number of unbranched alkanes of at least 4 members (excludes halogenated alkanes) is 5. The van der Waals surface area contributed by atoms with Crippen LogP contribution in [-0.2, 0) is 9.59 Å². The Kier molecular flexibility index (Phi) is 9.10. The fourth-order valence-electron chi connectivity index (χ4n) is 3.61. The summed E-state index contributed by atoms with van der Waals surface area (Å²) in [6, 6.07) is 10.5. The van der Waals surface area contributed by atoms with Crippen molar-refractivity contribution in [3.63, 3.8) is 0 Å². The number of nitrogens with one attached hydrogen (secondary N) is 1. The molecule has 0 spiro atoms. The van der Waals surface area contributed by atoms with Crippen molar-refractivity contribution in [2.75, 3.05) is 18.6 Å². The van der Waals surface area contributed by atoms with E-state index in [4.69, 9.17) is 21.1 Å². The fraction of sp³-hybridized carbons (Fsp3) is 0.346. The molecule has 180 valence electrons. The van der Waals surface area contributed by atoms with Crippen LogP contribution >= 0.6 is 11.6 Å². The Morgan fingerprint density at radius 2 is 1.65 bits per heavy atom. The van der Waals surface area contributed by atoms with Crippen molar-refractivity contribution in [3.05, 3.63) is 58.6 Å². The summed E-state index contributed by atoms with van der Waals surface area (Å²) in [6.07, 6.45) is 8.43. The summed E-state index contributed by atoms with van der Waals surface area (Å²) in [4.78, 5) is 38.6. The molecule has 0 atom stereocenters. The number of nitrogens with zero attached hydrogens (tertiary/aromatic N) is 1. The van der Waals surface area contributed by atoms with Gasteiger partial charge in [0.15, 0.2) is 11.5 Å². The minimum Gasteiger partial charge on any atom is -0.493 e. The van der Waals surface area contributed by atoms with E-state index in [-0.39, 0.29) is 5.57 Å². The van der Waals surface area contributed by atoms with Crippen LogP contribution in [0.2, 0.25) is 5.02 Å². The lowest BCUT2D eigenvalue weighted by Crippen LogP contribution is -2.54. The average molecular weight is 485 g/mol. The summed E-state index contributed by atoms with van der Waals surface area (Å²) in [5.74, 6) is -0.397. The highest BCUT2D eigenvalue weighted by atomic mass is 35.5. The zero-order valence-electron chi connectivity index (χ0n) is 19.4. The second kappa shape index (κ2) is 12.2. The van der Waals surface area contributed by atoms with Crippen molar-refractivity contribution in [1.82, 2.24) is 5.32 Å². The van der Waals surface area contributed by atoms with Crippen molar-refractivity contribution in [2.45, 2.75) is 45.4 Å². The van der Waals surface area contributed by atoms with Gasteiger partial charge >= 0.3 is 6.03 Å². The molecular formula is C26H29ClN2O5. The number of barbiturate groups is 1. The number of benzene rings is 2. The van der Waals surface area contributed by atoms with Gasteiger partial charge < -0.3 is 9.47 Å². The van der Waals surface area contributed by atoms with Crippen LogP contribution in [-0.4, -0.2) is 31.6 Å². The summed E-state index contributed by atoms with van der Waals surface area (Å²) in [5, 5.41) is 2.67. The quantitative estimate of drug-likeness (QED) is 0.249. The molecule has 34 heavy (non-hydrogen) atoms. The molecule has 1 heterocycles. The molecule has 0 aromatic heterocycles. The first-order valence-electron chi connectivity index (χ1n) is 11.4. The number of ether oxygens (including phenoxy) is 2. The Morgan fingerprint density at radius 3 is 2.35 bits per heavy atom. The summed E-state index contributed by atoms with van der Waals surface area (Å²) >= 11 is 5.90. The predicted octanol–water partition coefficient (Wildman–Crippen LogP) is 5.75. The molecule has 2 aromatic carbocycles. The summed E-state index contributed by atoms with van der Waals surface area (Å²) in [6.45, 7) is 2.78. The number of carbonyl (C=O) groups excluding carboxylic acids is 3. The smallest absolute Gasteiger partial charge is 0.335 e. The number of urea groups is 1. The average Bonchev–Trinajstić information content (AvgIpc) is 2.82. The van der Waals surface area contributed by atoms with Gasteiger partial charge in [0, 0.05) is 5.02 Å². The van der Waals surface area contributed by atoms with Gasteiger partial charge in [-0.15, -0.1) is 0 Å². The Bertz CT molecular complexity index is 1070. The van der Waals surface area contributed by atoms with Gasteiger partial charge in [-0.2, -0.15) is 0 Å². The number of anilines is 1. The zero-order valence-corrected chi connectivity index (χ0v) is 20.2. The van der Waals surface area contributed by atoms with E-state index < -0.39 is 17.8 Å². The third kappa shape index (κ3) is 6.38. The predicted molar refractivity (Wildman–Crippen MR) is 132 cm³/mol. The van der Waals surface area contributed by atoms with E-state index in [9.17, 15) is 14.4 Å². The molecule has 2 aromatic rings. The Hall–Kier alpha value is -3.32. The second-order valence-corrected chi connectivity index (χ2v) is 8.40. The van der Waals surface area contributed by atoms with Gasteiger partial charge in [0.05, 0.1) is 19.4 Å². The highest BCUT2D eigenvalue weighted by Crippen LogP contribution is 2.30. The Morgan fingerprint density at radius 1 is 0.941 bits per heavy atom. The molecule has 1 saturated heterocycles. The van der Waals surface area contributed by atoms with Gasteiger partial charge in [-0.1, -0.05) is 56.7 Å². The van der Waals surface area contributed by atoms with Crippen LogP contribution in [0.1, 0.15) is 51.0 Å². The standard InChI is InChI=1S/C26H29ClN2O5/c1-3-4-5-6-7-8-15-34-22-14-9-18(17-23(22)33-2)16-21-24(30)28-26(32)29(25(21)31)20-12-10-19(27)11-13-20/h9-14,16-17H,3-8,15H2,1-2H3,(H,28,30,32). The molecule has 1 aliphatic rings. The molecule has 3 rings (SSSR count). The van der Waals surface area contributed by atoms with E-state index in [1.807, 2.05) is 0 Å². The molecule has 1 aliphatic heterocycles. The number of hydrogen-bond donors (Lipinski definition) is 1. The summed E-state index contributed by atoms with van der Waals surface area (Å²) < 4.78 is 11.3. The van der Waals surface area contributed by atoms with E-state index in [1.54, 1.807) is 30.3 Å². The zero-order chi connectivity index (χ0) is 24.5. The van der Waals surface area contributed by atoms with E-state index in [1.165, 1.54) is 51.0 Å². The van der Waals surface area contributed by atoms with Gasteiger partial charge in [-0.3, -0.25) is 14.9 Å². The van der Waals surface area contributed by atoms with E-state index in [0.717, 1.165) is 17.7 Å². The van der Waals surface area contributed by atoms with Crippen LogP contribution in [0.3, 0.4) is 0 Å². The molecule has 0 radical (unpaired) electrons. The second-order valence-electron chi connectivity index (χ2n) is 7.96. The van der Waals surface area contributed by atoms with Gasteiger partial charge in [-0.25, -0.2) is 9.69 Å². The summed E-state index contributed by atoms with van der Waals surface area (Å²) in [7, 11) is 1.53. The molecule has 0 saturated carbocycles. The Balaban J connectivity index is 1.73. The van der Waals surface area contributed by atoms with Crippen molar-refractivity contribution < 1.29 is 23.9 Å². The molecule has 7 nitrogen and oxygen atoms in total. The topological polar surface area (TPSA) is 84.9 Å². The van der Waals surface area contributed by atoms with Crippen molar-refractivity contribution >= 4 is 41.2 Å². The van der Waals surface area contributed by atoms with Crippen LogP contribution < -0.4 is 19.7 Å². The van der Waals surface area contributed by atoms with Crippen LogP contribution in [0.4, 0.5) is 10.5 Å². The Labute approximate surface area is 204 Å². The van der Waals surface area contributed by atoms with Crippen LogP contribution in [0.5, 0.6) is 11.5 Å². The number of methoxy groups -OCH3 is 1. The van der Waals surface area contributed by atoms with E-state index in [2.05, 4.69) is 12.2 Å². The van der Waals surface area contributed by atoms with Crippen LogP contribution in [0, 0.1) is 0 Å². The van der Waals surface area contributed by atoms with Gasteiger partial charge in [0.2, 0.25) is 0 Å².